The van der Waals surface area contributed by atoms with Gasteiger partial charge in [-0.1, -0.05) is 13.3 Å². The van der Waals surface area contributed by atoms with Crippen molar-refractivity contribution in [3.63, 3.8) is 0 Å². The van der Waals surface area contributed by atoms with E-state index in [1.807, 2.05) is 0 Å². The van der Waals surface area contributed by atoms with Crippen molar-refractivity contribution in [2.24, 2.45) is 11.5 Å². The van der Waals surface area contributed by atoms with Crippen molar-refractivity contribution in [1.29, 1.82) is 0 Å². The number of carbonyl (C=O) groups excluding carboxylic acids is 1. The Morgan fingerprint density at radius 1 is 1.56 bits per heavy atom. The number of nitrogens with two attached hydrogens (primary N) is 2. The quantitative estimate of drug-likeness (QED) is 0.753. The van der Waals surface area contributed by atoms with E-state index in [4.69, 9.17) is 11.5 Å². The minimum atomic E-state index is -0.293. The third-order valence-electron chi connectivity index (χ3n) is 3.03. The zero-order chi connectivity index (χ0) is 13.5. The Hall–Kier alpha value is -0.910. The Labute approximate surface area is 113 Å². The highest BCUT2D eigenvalue weighted by molar-refractivity contribution is 7.10. The van der Waals surface area contributed by atoms with Crippen molar-refractivity contribution >= 4 is 17.2 Å². The first-order valence-corrected chi connectivity index (χ1v) is 7.24. The normalized spacial score (nSPS) is 12.9. The van der Waals surface area contributed by atoms with Gasteiger partial charge in [0.15, 0.2) is 0 Å². The number of hydrogen-bond donors (Lipinski definition) is 2. The molecule has 1 aromatic rings. The second-order valence-corrected chi connectivity index (χ2v) is 5.46. The summed E-state index contributed by atoms with van der Waals surface area (Å²) in [6.45, 7) is 5.86. The summed E-state index contributed by atoms with van der Waals surface area (Å²) in [6, 6.07) is 2.19. The average molecular weight is 269 g/mol. The molecule has 5 heteroatoms. The van der Waals surface area contributed by atoms with Crippen LogP contribution < -0.4 is 11.5 Å². The molecular weight excluding hydrogens is 246 g/mol. The summed E-state index contributed by atoms with van der Waals surface area (Å²) < 4.78 is 0. The second kappa shape index (κ2) is 7.51. The predicted octanol–water partition coefficient (Wildman–Crippen LogP) is 1.64. The highest BCUT2D eigenvalue weighted by atomic mass is 32.1. The van der Waals surface area contributed by atoms with Gasteiger partial charge in [0.25, 0.3) is 0 Å². The summed E-state index contributed by atoms with van der Waals surface area (Å²) in [6.07, 6.45) is 2.14. The summed E-state index contributed by atoms with van der Waals surface area (Å²) in [5.74, 6) is -0.293. The Balaban J connectivity index is 2.85. The van der Waals surface area contributed by atoms with E-state index in [-0.39, 0.29) is 18.5 Å². The fraction of sp³-hybridized carbons (Fsp3) is 0.615. The number of nitrogens with zero attached hydrogens (tertiary/aromatic N) is 1. The lowest BCUT2D eigenvalue weighted by molar-refractivity contribution is -0.119. The lowest BCUT2D eigenvalue weighted by atomic mass is 10.1. The first-order valence-electron chi connectivity index (χ1n) is 6.36. The first kappa shape index (κ1) is 15.1. The Kier molecular flexibility index (Phi) is 6.32. The maximum Gasteiger partial charge on any atom is 0.231 e. The monoisotopic (exact) mass is 269 g/mol. The summed E-state index contributed by atoms with van der Waals surface area (Å²) in [5, 5.41) is 2.07. The predicted molar refractivity (Wildman–Crippen MR) is 76.5 cm³/mol. The van der Waals surface area contributed by atoms with Crippen molar-refractivity contribution in [1.82, 2.24) is 4.90 Å². The molecule has 1 heterocycles. The van der Waals surface area contributed by atoms with Crippen LogP contribution in [0.25, 0.3) is 0 Å². The van der Waals surface area contributed by atoms with E-state index in [0.29, 0.717) is 6.54 Å². The van der Waals surface area contributed by atoms with Crippen LogP contribution in [0.5, 0.6) is 0 Å². The molecule has 1 atom stereocenters. The highest BCUT2D eigenvalue weighted by Crippen LogP contribution is 2.28. The molecule has 18 heavy (non-hydrogen) atoms. The van der Waals surface area contributed by atoms with Crippen LogP contribution in [-0.4, -0.2) is 30.4 Å². The van der Waals surface area contributed by atoms with Crippen LogP contribution in [0.3, 0.4) is 0 Å². The number of primary amides is 1. The second-order valence-electron chi connectivity index (χ2n) is 4.51. The molecule has 0 bridgehead atoms. The number of aryl methyl sites for hydroxylation is 1. The van der Waals surface area contributed by atoms with Crippen LogP contribution in [0.2, 0.25) is 0 Å². The lowest BCUT2D eigenvalue weighted by Gasteiger charge is -2.29. The molecule has 0 radical (unpaired) electrons. The van der Waals surface area contributed by atoms with Gasteiger partial charge in [-0.25, -0.2) is 0 Å². The summed E-state index contributed by atoms with van der Waals surface area (Å²) >= 11 is 1.70. The van der Waals surface area contributed by atoms with Gasteiger partial charge in [-0.2, -0.15) is 0 Å². The van der Waals surface area contributed by atoms with E-state index in [2.05, 4.69) is 30.2 Å². The molecule has 4 N–H and O–H groups in total. The molecule has 0 saturated carbocycles. The first-order chi connectivity index (χ1) is 8.60. The van der Waals surface area contributed by atoms with Crippen molar-refractivity contribution in [2.45, 2.75) is 32.7 Å². The van der Waals surface area contributed by atoms with Crippen molar-refractivity contribution in [2.75, 3.05) is 19.6 Å². The molecule has 1 rings (SSSR count). The van der Waals surface area contributed by atoms with E-state index in [1.54, 1.807) is 11.3 Å². The standard InChI is InChI=1S/C13H23N3OS/c1-3-4-6-16(9-12(15)17)11(8-14)13-10(2)5-7-18-13/h5,7,11H,3-4,6,8-9,14H2,1-2H3,(H2,15,17). The molecule has 0 aliphatic heterocycles. The fourth-order valence-electron chi connectivity index (χ4n) is 2.05. The fourth-order valence-corrected chi connectivity index (χ4v) is 3.13. The van der Waals surface area contributed by atoms with Crippen molar-refractivity contribution in [3.05, 3.63) is 21.9 Å². The van der Waals surface area contributed by atoms with E-state index in [1.165, 1.54) is 10.4 Å². The van der Waals surface area contributed by atoms with Gasteiger partial charge < -0.3 is 11.5 Å². The van der Waals surface area contributed by atoms with E-state index in [0.717, 1.165) is 19.4 Å². The van der Waals surface area contributed by atoms with Crippen LogP contribution in [0.15, 0.2) is 11.4 Å². The van der Waals surface area contributed by atoms with Crippen LogP contribution in [0.1, 0.15) is 36.2 Å². The van der Waals surface area contributed by atoms with Gasteiger partial charge in [-0.3, -0.25) is 9.69 Å². The SMILES string of the molecule is CCCCN(CC(N)=O)C(CN)c1sccc1C. The zero-order valence-electron chi connectivity index (χ0n) is 11.2. The molecule has 102 valence electrons. The average Bonchev–Trinajstić information content (AvgIpc) is 2.73. The molecule has 0 saturated heterocycles. The maximum absolute atomic E-state index is 11.2. The molecule has 0 aliphatic rings. The number of hydrogen-bond acceptors (Lipinski definition) is 4. The molecule has 4 nitrogen and oxygen atoms in total. The molecule has 0 fully saturated rings. The molecule has 0 aliphatic carbocycles. The number of carbonyl (C=O) groups is 1. The molecule has 0 aromatic carbocycles. The minimum absolute atomic E-state index is 0.101. The van der Waals surface area contributed by atoms with Gasteiger partial charge in [0.05, 0.1) is 12.6 Å². The minimum Gasteiger partial charge on any atom is -0.369 e. The Bertz CT molecular complexity index is 378. The molecule has 0 spiro atoms. The van der Waals surface area contributed by atoms with E-state index >= 15 is 0 Å². The van der Waals surface area contributed by atoms with Gasteiger partial charge in [-0.15, -0.1) is 11.3 Å². The van der Waals surface area contributed by atoms with Gasteiger partial charge in [0, 0.05) is 11.4 Å². The van der Waals surface area contributed by atoms with Gasteiger partial charge in [0.1, 0.15) is 0 Å². The molecule has 1 unspecified atom stereocenters. The van der Waals surface area contributed by atoms with Crippen LogP contribution in [-0.2, 0) is 4.79 Å². The Morgan fingerprint density at radius 3 is 2.72 bits per heavy atom. The Morgan fingerprint density at radius 2 is 2.28 bits per heavy atom. The summed E-state index contributed by atoms with van der Waals surface area (Å²) in [7, 11) is 0. The van der Waals surface area contributed by atoms with Crippen molar-refractivity contribution in [3.8, 4) is 0 Å². The van der Waals surface area contributed by atoms with Crippen LogP contribution in [0, 0.1) is 6.92 Å². The summed E-state index contributed by atoms with van der Waals surface area (Å²) in [5.41, 5.74) is 12.5. The van der Waals surface area contributed by atoms with Crippen LogP contribution in [0.4, 0.5) is 0 Å². The third-order valence-corrected chi connectivity index (χ3v) is 4.15. The lowest BCUT2D eigenvalue weighted by Crippen LogP contribution is -2.40. The number of unbranched alkanes of at least 4 members (excludes halogenated alkanes) is 1. The maximum atomic E-state index is 11.2. The van der Waals surface area contributed by atoms with Gasteiger partial charge in [-0.05, 0) is 36.9 Å². The van der Waals surface area contributed by atoms with E-state index < -0.39 is 0 Å². The topological polar surface area (TPSA) is 72.3 Å². The highest BCUT2D eigenvalue weighted by Gasteiger charge is 2.22. The molecule has 1 aromatic heterocycles. The number of rotatable bonds is 8. The van der Waals surface area contributed by atoms with Crippen molar-refractivity contribution < 1.29 is 4.79 Å². The van der Waals surface area contributed by atoms with Gasteiger partial charge in [0.2, 0.25) is 5.91 Å². The van der Waals surface area contributed by atoms with E-state index in [9.17, 15) is 4.79 Å². The third kappa shape index (κ3) is 4.08. The summed E-state index contributed by atoms with van der Waals surface area (Å²) in [4.78, 5) is 14.5. The van der Waals surface area contributed by atoms with Crippen LogP contribution >= 0.6 is 11.3 Å². The number of thiophene rings is 1. The largest absolute Gasteiger partial charge is 0.369 e. The molecular formula is C13H23N3OS. The zero-order valence-corrected chi connectivity index (χ0v) is 12.0. The smallest absolute Gasteiger partial charge is 0.231 e. The van der Waals surface area contributed by atoms with Gasteiger partial charge >= 0.3 is 0 Å². The number of amides is 1. The molecule has 1 amide bonds.